The summed E-state index contributed by atoms with van der Waals surface area (Å²) in [7, 11) is 1.70. The first-order chi connectivity index (χ1) is 11.0. The Morgan fingerprint density at radius 1 is 1.26 bits per heavy atom. The molecule has 0 aromatic heterocycles. The molecule has 3 fully saturated rings. The average Bonchev–Trinajstić information content (AvgIpc) is 2.72. The van der Waals surface area contributed by atoms with Gasteiger partial charge in [0.15, 0.2) is 0 Å². The van der Waals surface area contributed by atoms with Crippen LogP contribution in [0.25, 0.3) is 0 Å². The summed E-state index contributed by atoms with van der Waals surface area (Å²) in [6, 6.07) is -0.238. The minimum absolute atomic E-state index is 0.0884. The van der Waals surface area contributed by atoms with E-state index in [0.29, 0.717) is 19.4 Å². The number of carbonyl (C=O) groups excluding carboxylic acids is 3. The average molecular weight is 322 g/mol. The van der Waals surface area contributed by atoms with E-state index in [4.69, 9.17) is 0 Å². The molecule has 3 aliphatic rings. The molecule has 128 valence electrons. The second kappa shape index (κ2) is 6.11. The normalized spacial score (nSPS) is 27.9. The van der Waals surface area contributed by atoms with Gasteiger partial charge in [-0.25, -0.2) is 4.79 Å². The smallest absolute Gasteiger partial charge is 0.327 e. The highest BCUT2D eigenvalue weighted by atomic mass is 16.2. The van der Waals surface area contributed by atoms with Crippen molar-refractivity contribution < 1.29 is 14.4 Å². The number of nitrogens with zero attached hydrogens (tertiary/aromatic N) is 3. The summed E-state index contributed by atoms with van der Waals surface area (Å²) in [5.74, 6) is -0.317. The second-order valence-corrected chi connectivity index (χ2v) is 6.97. The van der Waals surface area contributed by atoms with Gasteiger partial charge in [-0.1, -0.05) is 19.3 Å². The van der Waals surface area contributed by atoms with Crippen LogP contribution in [0, 0.1) is 0 Å². The van der Waals surface area contributed by atoms with Gasteiger partial charge in [-0.2, -0.15) is 0 Å². The Balaban J connectivity index is 1.73. The fourth-order valence-electron chi connectivity index (χ4n) is 4.11. The molecule has 0 bridgehead atoms. The Hall–Kier alpha value is -1.63. The molecule has 2 saturated heterocycles. The standard InChI is InChI=1S/C16H26N4O3/c1-12-10-17-8-9-19(12)13(21)11-20-14(22)16(18(2)15(20)23)6-4-3-5-7-16/h12,17H,3-11H2,1-2H3/t12-/m1/s1. The molecule has 7 heteroatoms. The van der Waals surface area contributed by atoms with Crippen molar-refractivity contribution in [1.29, 1.82) is 0 Å². The summed E-state index contributed by atoms with van der Waals surface area (Å²) in [6.07, 6.45) is 4.44. The van der Waals surface area contributed by atoms with Gasteiger partial charge in [0.2, 0.25) is 5.91 Å². The van der Waals surface area contributed by atoms with Crippen LogP contribution in [-0.4, -0.2) is 77.4 Å². The summed E-state index contributed by atoms with van der Waals surface area (Å²) < 4.78 is 0. The van der Waals surface area contributed by atoms with E-state index in [9.17, 15) is 14.4 Å². The van der Waals surface area contributed by atoms with Crippen LogP contribution >= 0.6 is 0 Å². The zero-order valence-electron chi connectivity index (χ0n) is 14.0. The van der Waals surface area contributed by atoms with Crippen molar-refractivity contribution in [1.82, 2.24) is 20.0 Å². The van der Waals surface area contributed by atoms with Crippen LogP contribution in [0.4, 0.5) is 4.79 Å². The topological polar surface area (TPSA) is 73.0 Å². The molecule has 0 aromatic carbocycles. The molecule has 1 spiro atoms. The van der Waals surface area contributed by atoms with E-state index in [-0.39, 0.29) is 30.4 Å². The summed E-state index contributed by atoms with van der Waals surface area (Å²) >= 11 is 0. The van der Waals surface area contributed by atoms with Crippen molar-refractivity contribution in [3.8, 4) is 0 Å². The van der Waals surface area contributed by atoms with Crippen LogP contribution in [0.1, 0.15) is 39.0 Å². The fraction of sp³-hybridized carbons (Fsp3) is 0.812. The first-order valence-electron chi connectivity index (χ1n) is 8.57. The Labute approximate surface area is 137 Å². The summed E-state index contributed by atoms with van der Waals surface area (Å²) in [6.45, 7) is 3.97. The van der Waals surface area contributed by atoms with Gasteiger partial charge >= 0.3 is 6.03 Å². The third kappa shape index (κ3) is 2.60. The Bertz CT molecular complexity index is 515. The number of nitrogens with one attached hydrogen (secondary N) is 1. The lowest BCUT2D eigenvalue weighted by atomic mass is 9.81. The molecule has 0 radical (unpaired) electrons. The lowest BCUT2D eigenvalue weighted by molar-refractivity contribution is -0.141. The van der Waals surface area contributed by atoms with Crippen LogP contribution < -0.4 is 5.32 Å². The molecule has 7 nitrogen and oxygen atoms in total. The van der Waals surface area contributed by atoms with Crippen molar-refractivity contribution in [2.45, 2.75) is 50.6 Å². The van der Waals surface area contributed by atoms with Gasteiger partial charge in [0.1, 0.15) is 12.1 Å². The van der Waals surface area contributed by atoms with Gasteiger partial charge in [-0.3, -0.25) is 14.5 Å². The van der Waals surface area contributed by atoms with Crippen LogP contribution in [0.2, 0.25) is 0 Å². The molecule has 0 unspecified atom stereocenters. The van der Waals surface area contributed by atoms with E-state index in [0.717, 1.165) is 32.4 Å². The molecule has 4 amide bonds. The van der Waals surface area contributed by atoms with Gasteiger partial charge in [0.05, 0.1) is 0 Å². The number of carbonyl (C=O) groups is 3. The monoisotopic (exact) mass is 322 g/mol. The first kappa shape index (κ1) is 16.2. The molecule has 23 heavy (non-hydrogen) atoms. The zero-order valence-corrected chi connectivity index (χ0v) is 14.0. The highest BCUT2D eigenvalue weighted by molar-refractivity contribution is 6.08. The van der Waals surface area contributed by atoms with E-state index < -0.39 is 5.54 Å². The maximum absolute atomic E-state index is 12.9. The molecule has 0 aromatic rings. The molecule has 1 aliphatic carbocycles. The SMILES string of the molecule is C[C@@H]1CNCCN1C(=O)CN1C(=O)N(C)C2(CCCCC2)C1=O. The number of likely N-dealkylation sites (N-methyl/N-ethyl adjacent to an activating group) is 1. The molecular weight excluding hydrogens is 296 g/mol. The van der Waals surface area contributed by atoms with E-state index in [1.807, 2.05) is 6.92 Å². The molecule has 3 rings (SSSR count). The predicted octanol–water partition coefficient (Wildman–Crippen LogP) is 0.404. The largest absolute Gasteiger partial charge is 0.336 e. The van der Waals surface area contributed by atoms with Gasteiger partial charge in [-0.15, -0.1) is 0 Å². The summed E-state index contributed by atoms with van der Waals surface area (Å²) in [5, 5.41) is 3.23. The highest BCUT2D eigenvalue weighted by Gasteiger charge is 2.56. The quantitative estimate of drug-likeness (QED) is 0.747. The van der Waals surface area contributed by atoms with E-state index in [1.54, 1.807) is 16.8 Å². The second-order valence-electron chi connectivity index (χ2n) is 6.97. The van der Waals surface area contributed by atoms with Crippen molar-refractivity contribution in [3.05, 3.63) is 0 Å². The van der Waals surface area contributed by atoms with Crippen LogP contribution in [0.5, 0.6) is 0 Å². The zero-order chi connectivity index (χ0) is 16.6. The van der Waals surface area contributed by atoms with E-state index in [2.05, 4.69) is 5.32 Å². The maximum Gasteiger partial charge on any atom is 0.327 e. The number of urea groups is 1. The number of rotatable bonds is 2. The molecule has 2 heterocycles. The highest BCUT2D eigenvalue weighted by Crippen LogP contribution is 2.39. The predicted molar refractivity (Wildman–Crippen MR) is 84.7 cm³/mol. The maximum atomic E-state index is 12.9. The number of imide groups is 1. The van der Waals surface area contributed by atoms with E-state index in [1.165, 1.54) is 4.90 Å². The lowest BCUT2D eigenvalue weighted by Crippen LogP contribution is -2.55. The minimum atomic E-state index is -0.704. The van der Waals surface area contributed by atoms with E-state index >= 15 is 0 Å². The molecule has 1 N–H and O–H groups in total. The van der Waals surface area contributed by atoms with Crippen LogP contribution in [0.3, 0.4) is 0 Å². The Morgan fingerprint density at radius 2 is 1.96 bits per heavy atom. The number of amides is 4. The lowest BCUT2D eigenvalue weighted by Gasteiger charge is -2.36. The molecular formula is C16H26N4O3. The van der Waals surface area contributed by atoms with Gasteiger partial charge < -0.3 is 15.1 Å². The first-order valence-corrected chi connectivity index (χ1v) is 8.57. The van der Waals surface area contributed by atoms with Crippen molar-refractivity contribution in [3.63, 3.8) is 0 Å². The van der Waals surface area contributed by atoms with Crippen LogP contribution in [0.15, 0.2) is 0 Å². The van der Waals surface area contributed by atoms with Crippen molar-refractivity contribution >= 4 is 17.8 Å². The Kier molecular flexibility index (Phi) is 4.31. The van der Waals surface area contributed by atoms with Crippen molar-refractivity contribution in [2.24, 2.45) is 0 Å². The van der Waals surface area contributed by atoms with Crippen LogP contribution in [-0.2, 0) is 9.59 Å². The Morgan fingerprint density at radius 3 is 2.61 bits per heavy atom. The molecule has 2 aliphatic heterocycles. The van der Waals surface area contributed by atoms with Gasteiger partial charge in [-0.05, 0) is 19.8 Å². The number of hydrogen-bond donors (Lipinski definition) is 1. The summed E-state index contributed by atoms with van der Waals surface area (Å²) in [4.78, 5) is 42.5. The third-order valence-electron chi connectivity index (χ3n) is 5.60. The molecule has 1 saturated carbocycles. The number of hydrogen-bond acceptors (Lipinski definition) is 4. The van der Waals surface area contributed by atoms with Gasteiger partial charge in [0, 0.05) is 32.7 Å². The summed E-state index contributed by atoms with van der Waals surface area (Å²) in [5.41, 5.74) is -0.704. The minimum Gasteiger partial charge on any atom is -0.336 e. The van der Waals surface area contributed by atoms with Crippen molar-refractivity contribution in [2.75, 3.05) is 33.2 Å². The fourth-order valence-corrected chi connectivity index (χ4v) is 4.11. The van der Waals surface area contributed by atoms with Gasteiger partial charge in [0.25, 0.3) is 5.91 Å². The molecule has 1 atom stereocenters. The third-order valence-corrected chi connectivity index (χ3v) is 5.60. The number of piperazine rings is 1.